The van der Waals surface area contributed by atoms with Gasteiger partial charge in [0.1, 0.15) is 6.61 Å². The number of nitrogens with zero attached hydrogens (tertiary/aromatic N) is 3. The first-order valence-electron chi connectivity index (χ1n) is 13.4. The Balaban J connectivity index is 1.71. The summed E-state index contributed by atoms with van der Waals surface area (Å²) in [5.41, 5.74) is -1.33. The molecule has 2 heterocycles. The summed E-state index contributed by atoms with van der Waals surface area (Å²) < 4.78 is 60.8. The lowest BCUT2D eigenvalue weighted by Crippen LogP contribution is -2.41. The minimum atomic E-state index is -5.03. The standard InChI is InChI=1S/C32H23ClF3N3O5S/c1-3-43-30(41)25-26(18-11-13-22(33)14-12-18)39-29(40)24(45-31(39)38-28(25)32(34,35)36)15-19-9-6-10-23(42-2)27(19)44-17-21-8-5-4-7-20(21)16-37/h4-15,26H,3,17H2,1-2H3/b24-15-/t26-/m1/s1. The molecule has 4 aromatic rings. The molecule has 0 bridgehead atoms. The van der Waals surface area contributed by atoms with Crippen LogP contribution in [0.5, 0.6) is 11.5 Å². The van der Waals surface area contributed by atoms with Crippen molar-refractivity contribution in [2.24, 2.45) is 4.99 Å². The molecule has 1 aliphatic rings. The van der Waals surface area contributed by atoms with Gasteiger partial charge in [0, 0.05) is 16.1 Å². The van der Waals surface area contributed by atoms with Crippen molar-refractivity contribution in [3.63, 3.8) is 0 Å². The summed E-state index contributed by atoms with van der Waals surface area (Å²) in [7, 11) is 1.44. The Bertz CT molecular complexity index is 2030. The van der Waals surface area contributed by atoms with Crippen LogP contribution in [0, 0.1) is 11.3 Å². The third-order valence-corrected chi connectivity index (χ3v) is 8.04. The topological polar surface area (TPSA) is 103 Å². The van der Waals surface area contributed by atoms with Crippen molar-refractivity contribution in [1.29, 1.82) is 5.26 Å². The Morgan fingerprint density at radius 1 is 1.13 bits per heavy atom. The maximum atomic E-state index is 14.4. The van der Waals surface area contributed by atoms with Crippen LogP contribution in [0.2, 0.25) is 5.02 Å². The zero-order valence-electron chi connectivity index (χ0n) is 23.7. The van der Waals surface area contributed by atoms with Crippen LogP contribution in [0.15, 0.2) is 87.8 Å². The summed E-state index contributed by atoms with van der Waals surface area (Å²) in [6, 6.07) is 18.2. The lowest BCUT2D eigenvalue weighted by molar-refractivity contribution is -0.140. The highest BCUT2D eigenvalue weighted by Crippen LogP contribution is 2.39. The van der Waals surface area contributed by atoms with E-state index in [0.29, 0.717) is 27.5 Å². The van der Waals surface area contributed by atoms with Gasteiger partial charge < -0.3 is 14.2 Å². The molecule has 0 amide bonds. The van der Waals surface area contributed by atoms with Gasteiger partial charge in [-0.15, -0.1) is 0 Å². The molecule has 0 saturated heterocycles. The predicted molar refractivity (Wildman–Crippen MR) is 161 cm³/mol. The minimum Gasteiger partial charge on any atom is -0.493 e. The molecular weight excluding hydrogens is 631 g/mol. The number of carbonyl (C=O) groups is 1. The van der Waals surface area contributed by atoms with E-state index in [4.69, 9.17) is 25.8 Å². The van der Waals surface area contributed by atoms with Crippen molar-refractivity contribution < 1.29 is 32.2 Å². The van der Waals surface area contributed by atoms with Crippen LogP contribution >= 0.6 is 22.9 Å². The Labute approximate surface area is 263 Å². The number of benzene rings is 3. The number of fused-ring (bicyclic) bond motifs is 1. The number of rotatable bonds is 8. The van der Waals surface area contributed by atoms with Gasteiger partial charge in [-0.25, -0.2) is 9.79 Å². The SMILES string of the molecule is CCOC(=O)C1=C(C(F)(F)F)N=c2s/c(=C\c3cccc(OC)c3OCc3ccccc3C#N)c(=O)n2[C@@H]1c1ccc(Cl)cc1. The van der Waals surface area contributed by atoms with Gasteiger partial charge in [-0.3, -0.25) is 9.36 Å². The Kier molecular flexibility index (Phi) is 9.13. The monoisotopic (exact) mass is 653 g/mol. The molecule has 0 fully saturated rings. The molecule has 1 aromatic heterocycles. The van der Waals surface area contributed by atoms with Gasteiger partial charge in [0.2, 0.25) is 0 Å². The van der Waals surface area contributed by atoms with Gasteiger partial charge in [-0.2, -0.15) is 18.4 Å². The number of hydrogen-bond donors (Lipinski definition) is 0. The van der Waals surface area contributed by atoms with Crippen molar-refractivity contribution in [3.05, 3.63) is 125 Å². The van der Waals surface area contributed by atoms with E-state index >= 15 is 0 Å². The molecule has 1 aliphatic heterocycles. The van der Waals surface area contributed by atoms with Crippen LogP contribution in [0.3, 0.4) is 0 Å². The molecule has 0 radical (unpaired) electrons. The Hall–Kier alpha value is -4.86. The summed E-state index contributed by atoms with van der Waals surface area (Å²) in [6.45, 7) is 1.27. The van der Waals surface area contributed by atoms with E-state index in [-0.39, 0.29) is 33.9 Å². The molecule has 5 rings (SSSR count). The molecule has 13 heteroatoms. The van der Waals surface area contributed by atoms with Gasteiger partial charge in [0.05, 0.1) is 41.5 Å². The number of allylic oxidation sites excluding steroid dienone is 1. The highest BCUT2D eigenvalue weighted by Gasteiger charge is 2.45. The average Bonchev–Trinajstić information content (AvgIpc) is 3.33. The first kappa shape index (κ1) is 31.6. The van der Waals surface area contributed by atoms with Gasteiger partial charge in [0.25, 0.3) is 5.56 Å². The van der Waals surface area contributed by atoms with E-state index in [1.54, 1.807) is 42.5 Å². The summed E-state index contributed by atoms with van der Waals surface area (Å²) >= 11 is 6.76. The van der Waals surface area contributed by atoms with Crippen molar-refractivity contribution in [1.82, 2.24) is 4.57 Å². The number of ether oxygens (including phenoxy) is 3. The molecule has 3 aromatic carbocycles. The second kappa shape index (κ2) is 13.0. The first-order valence-corrected chi connectivity index (χ1v) is 14.6. The number of aromatic nitrogens is 1. The number of methoxy groups -OCH3 is 1. The zero-order chi connectivity index (χ0) is 32.3. The Morgan fingerprint density at radius 3 is 2.53 bits per heavy atom. The summed E-state index contributed by atoms with van der Waals surface area (Å²) in [4.78, 5) is 30.5. The van der Waals surface area contributed by atoms with E-state index in [1.807, 2.05) is 0 Å². The highest BCUT2D eigenvalue weighted by atomic mass is 35.5. The van der Waals surface area contributed by atoms with Crippen molar-refractivity contribution in [2.45, 2.75) is 25.7 Å². The highest BCUT2D eigenvalue weighted by molar-refractivity contribution is 7.07. The van der Waals surface area contributed by atoms with Crippen LogP contribution in [-0.4, -0.2) is 30.4 Å². The maximum Gasteiger partial charge on any atom is 0.434 e. The summed E-state index contributed by atoms with van der Waals surface area (Å²) in [5, 5.41) is 9.77. The average molecular weight is 654 g/mol. The summed E-state index contributed by atoms with van der Waals surface area (Å²) in [6.07, 6.45) is -3.58. The molecule has 0 saturated carbocycles. The Morgan fingerprint density at radius 2 is 1.87 bits per heavy atom. The number of nitriles is 1. The quantitative estimate of drug-likeness (QED) is 0.234. The second-order valence-corrected chi connectivity index (χ2v) is 11.0. The summed E-state index contributed by atoms with van der Waals surface area (Å²) in [5.74, 6) is -0.672. The lowest BCUT2D eigenvalue weighted by Gasteiger charge is -2.26. The number of thiazole rings is 1. The van der Waals surface area contributed by atoms with E-state index < -0.39 is 35.0 Å². The zero-order valence-corrected chi connectivity index (χ0v) is 25.3. The fraction of sp³-hybridized carbons (Fsp3) is 0.188. The molecule has 0 N–H and O–H groups in total. The fourth-order valence-electron chi connectivity index (χ4n) is 4.81. The molecule has 1 atom stereocenters. The largest absolute Gasteiger partial charge is 0.493 e. The van der Waals surface area contributed by atoms with Crippen LogP contribution < -0.4 is 24.4 Å². The van der Waals surface area contributed by atoms with E-state index in [0.717, 1.165) is 15.9 Å². The van der Waals surface area contributed by atoms with Crippen LogP contribution in [0.25, 0.3) is 6.08 Å². The van der Waals surface area contributed by atoms with Gasteiger partial charge in [-0.05, 0) is 42.8 Å². The van der Waals surface area contributed by atoms with Crippen LogP contribution in [0.1, 0.15) is 35.2 Å². The molecule has 230 valence electrons. The third-order valence-electron chi connectivity index (χ3n) is 6.81. The van der Waals surface area contributed by atoms with Gasteiger partial charge in [0.15, 0.2) is 22.0 Å². The minimum absolute atomic E-state index is 0.000601. The fourth-order valence-corrected chi connectivity index (χ4v) is 5.93. The smallest absolute Gasteiger partial charge is 0.434 e. The van der Waals surface area contributed by atoms with Crippen LogP contribution in [0.4, 0.5) is 13.2 Å². The molecule has 0 unspecified atom stereocenters. The maximum absolute atomic E-state index is 14.4. The van der Waals surface area contributed by atoms with Crippen molar-refractivity contribution in [2.75, 3.05) is 13.7 Å². The number of alkyl halides is 3. The normalized spacial score (nSPS) is 14.8. The molecule has 8 nitrogen and oxygen atoms in total. The third kappa shape index (κ3) is 6.36. The van der Waals surface area contributed by atoms with Crippen molar-refractivity contribution in [3.8, 4) is 17.6 Å². The second-order valence-electron chi connectivity index (χ2n) is 9.55. The lowest BCUT2D eigenvalue weighted by atomic mass is 9.95. The van der Waals surface area contributed by atoms with Gasteiger partial charge >= 0.3 is 12.1 Å². The molecule has 0 spiro atoms. The van der Waals surface area contributed by atoms with E-state index in [9.17, 15) is 28.0 Å². The number of hydrogen-bond acceptors (Lipinski definition) is 8. The van der Waals surface area contributed by atoms with E-state index in [2.05, 4.69) is 11.1 Å². The van der Waals surface area contributed by atoms with Gasteiger partial charge in [-0.1, -0.05) is 65.4 Å². The molecule has 0 aliphatic carbocycles. The van der Waals surface area contributed by atoms with Crippen LogP contribution in [-0.2, 0) is 16.1 Å². The number of para-hydroxylation sites is 1. The molecule has 45 heavy (non-hydrogen) atoms. The number of esters is 1. The number of halogens is 4. The van der Waals surface area contributed by atoms with E-state index in [1.165, 1.54) is 44.4 Å². The predicted octanol–water partition coefficient (Wildman–Crippen LogP) is 5.45. The van der Waals surface area contributed by atoms with Crippen molar-refractivity contribution >= 4 is 35.0 Å². The number of carbonyl (C=O) groups excluding carboxylic acids is 1. The first-order chi connectivity index (χ1) is 21.6. The molecular formula is C32H23ClF3N3O5S.